The molecular formula is C20H19ClF3N5O2. The molecule has 1 aromatic carbocycles. The van der Waals surface area contributed by atoms with Gasteiger partial charge in [0, 0.05) is 29.8 Å². The molecule has 0 saturated heterocycles. The van der Waals surface area contributed by atoms with Crippen molar-refractivity contribution in [3.8, 4) is 5.75 Å². The van der Waals surface area contributed by atoms with Crippen LogP contribution in [0.2, 0.25) is 5.02 Å². The van der Waals surface area contributed by atoms with Crippen LogP contribution in [0.3, 0.4) is 0 Å². The summed E-state index contributed by atoms with van der Waals surface area (Å²) in [5, 5.41) is 7.02. The monoisotopic (exact) mass is 453 g/mol. The van der Waals surface area contributed by atoms with E-state index in [1.54, 1.807) is 26.0 Å². The number of aromatic nitrogens is 4. The van der Waals surface area contributed by atoms with Gasteiger partial charge < -0.3 is 10.1 Å². The first-order chi connectivity index (χ1) is 14.6. The summed E-state index contributed by atoms with van der Waals surface area (Å²) in [6.07, 6.45) is -3.59. The molecule has 3 heterocycles. The topological polar surface area (TPSA) is 81.4 Å². The molecule has 0 aliphatic carbocycles. The number of hydrogen-bond acceptors (Lipinski definition) is 5. The molecule has 1 N–H and O–H groups in total. The fourth-order valence-corrected chi connectivity index (χ4v) is 3.97. The predicted octanol–water partition coefficient (Wildman–Crippen LogP) is 3.99. The molecule has 0 bridgehead atoms. The number of hydrogen-bond donors (Lipinski definition) is 1. The molecule has 3 aromatic rings. The van der Waals surface area contributed by atoms with Gasteiger partial charge in [-0.1, -0.05) is 23.7 Å². The summed E-state index contributed by atoms with van der Waals surface area (Å²) >= 11 is 6.17. The van der Waals surface area contributed by atoms with Crippen LogP contribution in [-0.2, 0) is 17.4 Å². The molecule has 0 spiro atoms. The number of fused-ring (bicyclic) bond motifs is 2. The second-order valence-electron chi connectivity index (χ2n) is 7.32. The van der Waals surface area contributed by atoms with Crippen molar-refractivity contribution in [3.05, 3.63) is 51.6 Å². The summed E-state index contributed by atoms with van der Waals surface area (Å²) in [7, 11) is 0. The number of carbonyl (C=O) groups excluding carboxylic acids is 1. The van der Waals surface area contributed by atoms with E-state index in [1.807, 2.05) is 6.07 Å². The molecule has 2 aromatic heterocycles. The Kier molecular flexibility index (Phi) is 5.50. The van der Waals surface area contributed by atoms with Gasteiger partial charge in [-0.15, -0.1) is 5.10 Å². The number of nitrogens with one attached hydrogen (secondary N) is 1. The van der Waals surface area contributed by atoms with Crippen LogP contribution in [0.25, 0.3) is 5.78 Å². The molecule has 1 aliphatic rings. The zero-order valence-corrected chi connectivity index (χ0v) is 17.5. The van der Waals surface area contributed by atoms with Crippen molar-refractivity contribution < 1.29 is 22.7 Å². The summed E-state index contributed by atoms with van der Waals surface area (Å²) in [5.41, 5.74) is 2.48. The average molecular weight is 454 g/mol. The standard InChI is InChI=1S/C20H19ClF3N5O2/c1-10-12(11(2)29-19(25-10)27-18(28-29)20(22,23)24)6-7-16(30)26-15-8-9-31-17-13(15)4-3-5-14(17)21/h3-5,15H,6-9H2,1-2H3,(H,26,30). The van der Waals surface area contributed by atoms with Crippen LogP contribution < -0.4 is 10.1 Å². The fourth-order valence-electron chi connectivity index (χ4n) is 3.73. The SMILES string of the molecule is Cc1nc2nc(C(F)(F)F)nn2c(C)c1CCC(=O)NC1CCOc2c(Cl)cccc21. The third kappa shape index (κ3) is 4.16. The van der Waals surface area contributed by atoms with E-state index in [-0.39, 0.29) is 24.1 Å². The zero-order chi connectivity index (χ0) is 22.3. The number of alkyl halides is 3. The minimum absolute atomic E-state index is 0.119. The Bertz CT molecular complexity index is 1160. The van der Waals surface area contributed by atoms with E-state index in [0.29, 0.717) is 47.2 Å². The van der Waals surface area contributed by atoms with Crippen LogP contribution in [0.5, 0.6) is 5.75 Å². The maximum Gasteiger partial charge on any atom is 0.453 e. The molecule has 1 amide bonds. The lowest BCUT2D eigenvalue weighted by atomic mass is 10.00. The lowest BCUT2D eigenvalue weighted by Gasteiger charge is -2.27. The average Bonchev–Trinajstić information content (AvgIpc) is 3.13. The van der Waals surface area contributed by atoms with E-state index in [4.69, 9.17) is 16.3 Å². The van der Waals surface area contributed by atoms with E-state index in [1.165, 1.54) is 0 Å². The van der Waals surface area contributed by atoms with Gasteiger partial charge in [0.2, 0.25) is 5.91 Å². The molecule has 1 unspecified atom stereocenters. The van der Waals surface area contributed by atoms with Crippen molar-refractivity contribution in [1.82, 2.24) is 24.9 Å². The second-order valence-corrected chi connectivity index (χ2v) is 7.73. The van der Waals surface area contributed by atoms with Gasteiger partial charge in [-0.2, -0.15) is 18.2 Å². The second kappa shape index (κ2) is 7.99. The molecule has 4 rings (SSSR count). The van der Waals surface area contributed by atoms with E-state index >= 15 is 0 Å². The normalized spacial score (nSPS) is 16.1. The number of para-hydroxylation sites is 1. The molecule has 1 atom stereocenters. The molecule has 1 aliphatic heterocycles. The van der Waals surface area contributed by atoms with Crippen molar-refractivity contribution in [2.75, 3.05) is 6.61 Å². The van der Waals surface area contributed by atoms with Crippen LogP contribution in [-0.4, -0.2) is 32.1 Å². The zero-order valence-electron chi connectivity index (χ0n) is 16.8. The van der Waals surface area contributed by atoms with Crippen LogP contribution in [0.1, 0.15) is 47.2 Å². The number of nitrogens with zero attached hydrogens (tertiary/aromatic N) is 4. The third-order valence-electron chi connectivity index (χ3n) is 5.27. The fraction of sp³-hybridized carbons (Fsp3) is 0.400. The van der Waals surface area contributed by atoms with Crippen molar-refractivity contribution in [2.24, 2.45) is 0 Å². The summed E-state index contributed by atoms with van der Waals surface area (Å²) < 4.78 is 45.5. The molecule has 7 nitrogen and oxygen atoms in total. The minimum atomic E-state index is -4.66. The lowest BCUT2D eigenvalue weighted by Crippen LogP contribution is -2.32. The lowest BCUT2D eigenvalue weighted by molar-refractivity contribution is -0.144. The van der Waals surface area contributed by atoms with E-state index in [2.05, 4.69) is 20.4 Å². The van der Waals surface area contributed by atoms with E-state index in [0.717, 1.165) is 10.1 Å². The number of rotatable bonds is 4. The largest absolute Gasteiger partial charge is 0.492 e. The minimum Gasteiger partial charge on any atom is -0.492 e. The number of amides is 1. The Hall–Kier alpha value is -2.88. The van der Waals surface area contributed by atoms with Gasteiger partial charge in [0.15, 0.2) is 0 Å². The van der Waals surface area contributed by atoms with Gasteiger partial charge in [0.25, 0.3) is 11.6 Å². The quantitative estimate of drug-likeness (QED) is 0.646. The Morgan fingerprint density at radius 2 is 2.10 bits per heavy atom. The molecule has 31 heavy (non-hydrogen) atoms. The Morgan fingerprint density at radius 1 is 1.32 bits per heavy atom. The van der Waals surface area contributed by atoms with Crippen LogP contribution in [0.4, 0.5) is 13.2 Å². The summed E-state index contributed by atoms with van der Waals surface area (Å²) in [5.74, 6) is -0.972. The maximum absolute atomic E-state index is 12.9. The van der Waals surface area contributed by atoms with E-state index < -0.39 is 12.0 Å². The van der Waals surface area contributed by atoms with Gasteiger partial charge in [-0.3, -0.25) is 4.79 Å². The summed E-state index contributed by atoms with van der Waals surface area (Å²) in [6, 6.07) is 5.17. The van der Waals surface area contributed by atoms with Crippen LogP contribution >= 0.6 is 11.6 Å². The predicted molar refractivity (Wildman–Crippen MR) is 106 cm³/mol. The number of aryl methyl sites for hydroxylation is 2. The number of ether oxygens (including phenoxy) is 1. The molecule has 0 saturated carbocycles. The third-order valence-corrected chi connectivity index (χ3v) is 5.56. The first kappa shape index (κ1) is 21.4. The highest BCUT2D eigenvalue weighted by Gasteiger charge is 2.37. The Balaban J connectivity index is 1.50. The van der Waals surface area contributed by atoms with Crippen molar-refractivity contribution in [1.29, 1.82) is 0 Å². The van der Waals surface area contributed by atoms with Gasteiger partial charge in [0.1, 0.15) is 5.75 Å². The molecule has 11 heteroatoms. The van der Waals surface area contributed by atoms with Crippen molar-refractivity contribution >= 4 is 23.3 Å². The summed E-state index contributed by atoms with van der Waals surface area (Å²) in [4.78, 5) is 20.2. The van der Waals surface area contributed by atoms with Gasteiger partial charge >= 0.3 is 6.18 Å². The van der Waals surface area contributed by atoms with Crippen molar-refractivity contribution in [2.45, 2.75) is 45.3 Å². The first-order valence-corrected chi connectivity index (χ1v) is 10.0. The number of carbonyl (C=O) groups is 1. The highest BCUT2D eigenvalue weighted by molar-refractivity contribution is 6.32. The highest BCUT2D eigenvalue weighted by atomic mass is 35.5. The molecule has 0 fully saturated rings. The van der Waals surface area contributed by atoms with Crippen LogP contribution in [0.15, 0.2) is 18.2 Å². The Labute approximate surface area is 180 Å². The van der Waals surface area contributed by atoms with Crippen molar-refractivity contribution in [3.63, 3.8) is 0 Å². The highest BCUT2D eigenvalue weighted by Crippen LogP contribution is 2.37. The van der Waals surface area contributed by atoms with E-state index in [9.17, 15) is 18.0 Å². The number of halogens is 4. The number of benzene rings is 1. The van der Waals surface area contributed by atoms with Crippen LogP contribution in [0, 0.1) is 13.8 Å². The van der Waals surface area contributed by atoms with Gasteiger partial charge in [-0.25, -0.2) is 9.50 Å². The molecule has 164 valence electrons. The smallest absolute Gasteiger partial charge is 0.453 e. The Morgan fingerprint density at radius 3 is 2.84 bits per heavy atom. The van der Waals surface area contributed by atoms with Gasteiger partial charge in [0.05, 0.1) is 17.7 Å². The first-order valence-electron chi connectivity index (χ1n) is 9.65. The summed E-state index contributed by atoms with van der Waals surface area (Å²) in [6.45, 7) is 3.76. The maximum atomic E-state index is 12.9. The molecule has 0 radical (unpaired) electrons. The molecular weight excluding hydrogens is 435 g/mol. The van der Waals surface area contributed by atoms with Gasteiger partial charge in [-0.05, 0) is 31.9 Å².